The van der Waals surface area contributed by atoms with Crippen LogP contribution < -0.4 is 14.8 Å². The molecule has 0 fully saturated rings. The molecule has 3 aromatic carbocycles. The van der Waals surface area contributed by atoms with Crippen molar-refractivity contribution in [3.8, 4) is 22.6 Å². The molecular formula is C30H30FNO5. The summed E-state index contributed by atoms with van der Waals surface area (Å²) in [7, 11) is 2.99. The topological polar surface area (TPSA) is 73.9 Å². The minimum absolute atomic E-state index is 0.0509. The first-order valence-electron chi connectivity index (χ1n) is 12.5. The molecule has 5 rings (SSSR count). The van der Waals surface area contributed by atoms with Crippen molar-refractivity contribution in [3.05, 3.63) is 81.7 Å². The molecule has 6 nitrogen and oxygen atoms in total. The second kappa shape index (κ2) is 9.88. The normalized spacial score (nSPS) is 17.5. The molecule has 2 atom stereocenters. The van der Waals surface area contributed by atoms with E-state index in [1.165, 1.54) is 13.2 Å². The zero-order valence-electron chi connectivity index (χ0n) is 21.4. The van der Waals surface area contributed by atoms with Crippen LogP contribution in [-0.2, 0) is 16.0 Å². The lowest BCUT2D eigenvalue weighted by molar-refractivity contribution is -0.141. The third-order valence-corrected chi connectivity index (χ3v) is 7.36. The highest BCUT2D eigenvalue weighted by atomic mass is 19.1. The van der Waals surface area contributed by atoms with Gasteiger partial charge < -0.3 is 19.5 Å². The van der Waals surface area contributed by atoms with Crippen LogP contribution in [0.1, 0.15) is 63.0 Å². The van der Waals surface area contributed by atoms with Crippen LogP contribution in [0.15, 0.2) is 42.5 Å². The highest BCUT2D eigenvalue weighted by Gasteiger charge is 2.32. The Morgan fingerprint density at radius 1 is 1.11 bits per heavy atom. The van der Waals surface area contributed by atoms with Crippen molar-refractivity contribution in [3.63, 3.8) is 0 Å². The average Bonchev–Trinajstić information content (AvgIpc) is 3.49. The van der Waals surface area contributed by atoms with Gasteiger partial charge in [0.25, 0.3) is 5.91 Å². The van der Waals surface area contributed by atoms with Gasteiger partial charge in [0.1, 0.15) is 23.4 Å². The Morgan fingerprint density at radius 2 is 1.86 bits per heavy atom. The van der Waals surface area contributed by atoms with E-state index in [0.29, 0.717) is 42.1 Å². The highest BCUT2D eigenvalue weighted by Crippen LogP contribution is 2.45. The van der Waals surface area contributed by atoms with E-state index in [1.807, 2.05) is 50.2 Å². The van der Waals surface area contributed by atoms with Gasteiger partial charge in [-0.3, -0.25) is 9.59 Å². The van der Waals surface area contributed by atoms with Crippen LogP contribution in [0, 0.1) is 19.7 Å². The molecule has 1 amide bonds. The molecular weight excluding hydrogens is 473 g/mol. The van der Waals surface area contributed by atoms with Gasteiger partial charge in [0.2, 0.25) is 0 Å². The summed E-state index contributed by atoms with van der Waals surface area (Å²) in [5.74, 6) is 0.539. The van der Waals surface area contributed by atoms with Gasteiger partial charge in [-0.2, -0.15) is 0 Å². The number of methoxy groups -OCH3 is 1. The number of ether oxygens (including phenoxy) is 3. The summed E-state index contributed by atoms with van der Waals surface area (Å²) < 4.78 is 32.1. The van der Waals surface area contributed by atoms with Gasteiger partial charge in [0.05, 0.1) is 20.1 Å². The minimum atomic E-state index is -0.425. The number of hydrogen-bond acceptors (Lipinski definition) is 5. The monoisotopic (exact) mass is 503 g/mol. The smallest absolute Gasteiger partial charge is 0.306 e. The predicted octanol–water partition coefficient (Wildman–Crippen LogP) is 5.57. The van der Waals surface area contributed by atoms with Crippen LogP contribution in [0.3, 0.4) is 0 Å². The second-order valence-electron chi connectivity index (χ2n) is 9.68. The standard InChI is InChI=1S/C30H30FNO5/c1-16-11-18(30(34)32-3)12-17(2)28(16)22-7-9-24(31)29-23(22)8-10-25(29)37-20-5-6-21-19(13-27(33)35-4)15-36-26(21)14-20/h5-7,9,11-12,14,19,25H,8,10,13,15H2,1-4H3,(H,32,34)/t19-,25+/m1/s1. The van der Waals surface area contributed by atoms with E-state index in [-0.39, 0.29) is 30.0 Å². The van der Waals surface area contributed by atoms with Crippen molar-refractivity contribution >= 4 is 11.9 Å². The highest BCUT2D eigenvalue weighted by molar-refractivity contribution is 5.95. The number of esters is 1. The summed E-state index contributed by atoms with van der Waals surface area (Å²) in [6, 6.07) is 12.7. The second-order valence-corrected chi connectivity index (χ2v) is 9.68. The Balaban J connectivity index is 1.43. The lowest BCUT2D eigenvalue weighted by Gasteiger charge is -2.19. The number of benzene rings is 3. The fourth-order valence-electron chi connectivity index (χ4n) is 5.64. The van der Waals surface area contributed by atoms with E-state index in [0.717, 1.165) is 33.4 Å². The van der Waals surface area contributed by atoms with Crippen molar-refractivity contribution in [2.45, 2.75) is 45.1 Å². The quantitative estimate of drug-likeness (QED) is 0.445. The van der Waals surface area contributed by atoms with Gasteiger partial charge >= 0.3 is 5.97 Å². The SMILES string of the molecule is CNC(=O)c1cc(C)c(-c2ccc(F)c3c2CC[C@@H]3Oc2ccc3c(c2)OC[C@H]3CC(=O)OC)c(C)c1. The van der Waals surface area contributed by atoms with Gasteiger partial charge in [-0.15, -0.1) is 0 Å². The van der Waals surface area contributed by atoms with Crippen molar-refractivity contribution < 1.29 is 28.2 Å². The molecule has 0 spiro atoms. The lowest BCUT2D eigenvalue weighted by Crippen LogP contribution is -2.18. The fraction of sp³-hybridized carbons (Fsp3) is 0.333. The molecule has 0 unspecified atom stereocenters. The Hall–Kier alpha value is -3.87. The number of nitrogens with one attached hydrogen (secondary N) is 1. The first-order valence-corrected chi connectivity index (χ1v) is 12.5. The minimum Gasteiger partial charge on any atom is -0.492 e. The number of rotatable bonds is 6. The van der Waals surface area contributed by atoms with Crippen molar-refractivity contribution in [2.75, 3.05) is 20.8 Å². The van der Waals surface area contributed by atoms with Crippen LogP contribution in [-0.4, -0.2) is 32.6 Å². The van der Waals surface area contributed by atoms with Gasteiger partial charge in [0, 0.05) is 35.7 Å². The lowest BCUT2D eigenvalue weighted by atomic mass is 9.89. The van der Waals surface area contributed by atoms with E-state index in [1.54, 1.807) is 7.05 Å². The molecule has 0 radical (unpaired) electrons. The molecule has 192 valence electrons. The first-order chi connectivity index (χ1) is 17.8. The molecule has 0 saturated heterocycles. The Bertz CT molecular complexity index is 1380. The Kier molecular flexibility index (Phi) is 6.63. The van der Waals surface area contributed by atoms with Crippen LogP contribution >= 0.6 is 0 Å². The molecule has 1 heterocycles. The number of aryl methyl sites for hydroxylation is 2. The van der Waals surface area contributed by atoms with Crippen molar-refractivity contribution in [2.24, 2.45) is 0 Å². The third-order valence-electron chi connectivity index (χ3n) is 7.36. The zero-order valence-corrected chi connectivity index (χ0v) is 21.4. The summed E-state index contributed by atoms with van der Waals surface area (Å²) in [6.45, 7) is 4.37. The summed E-state index contributed by atoms with van der Waals surface area (Å²) in [4.78, 5) is 23.9. The number of carbonyl (C=O) groups is 2. The van der Waals surface area contributed by atoms with Crippen LogP contribution in [0.2, 0.25) is 0 Å². The maximum Gasteiger partial charge on any atom is 0.306 e. The molecule has 0 bridgehead atoms. The van der Waals surface area contributed by atoms with E-state index in [4.69, 9.17) is 14.2 Å². The van der Waals surface area contributed by atoms with Crippen LogP contribution in [0.25, 0.3) is 11.1 Å². The maximum atomic E-state index is 15.2. The fourth-order valence-corrected chi connectivity index (χ4v) is 5.64. The maximum absolute atomic E-state index is 15.2. The van der Waals surface area contributed by atoms with Gasteiger partial charge in [-0.25, -0.2) is 4.39 Å². The van der Waals surface area contributed by atoms with Gasteiger partial charge in [0.15, 0.2) is 0 Å². The average molecular weight is 504 g/mol. The van der Waals surface area contributed by atoms with E-state index < -0.39 is 6.10 Å². The number of halogens is 1. The summed E-state index contributed by atoms with van der Waals surface area (Å²) in [5.41, 5.74) is 7.01. The van der Waals surface area contributed by atoms with Gasteiger partial charge in [-0.05, 0) is 78.8 Å². The Labute approximate surface area is 215 Å². The molecule has 1 aliphatic carbocycles. The molecule has 0 saturated carbocycles. The van der Waals surface area contributed by atoms with E-state index in [9.17, 15) is 9.59 Å². The van der Waals surface area contributed by atoms with Crippen LogP contribution in [0.4, 0.5) is 4.39 Å². The number of hydrogen-bond donors (Lipinski definition) is 1. The predicted molar refractivity (Wildman–Crippen MR) is 138 cm³/mol. The Morgan fingerprint density at radius 3 is 2.57 bits per heavy atom. The van der Waals surface area contributed by atoms with Gasteiger partial charge in [-0.1, -0.05) is 12.1 Å². The molecule has 37 heavy (non-hydrogen) atoms. The van der Waals surface area contributed by atoms with E-state index in [2.05, 4.69) is 5.32 Å². The molecule has 3 aromatic rings. The van der Waals surface area contributed by atoms with Crippen LogP contribution in [0.5, 0.6) is 11.5 Å². The number of amides is 1. The summed E-state index contributed by atoms with van der Waals surface area (Å²) in [6.07, 6.45) is 1.18. The van der Waals surface area contributed by atoms with Crippen molar-refractivity contribution in [1.29, 1.82) is 0 Å². The largest absolute Gasteiger partial charge is 0.492 e. The molecule has 0 aromatic heterocycles. The molecule has 7 heteroatoms. The number of fused-ring (bicyclic) bond motifs is 2. The first kappa shape index (κ1) is 24.8. The zero-order chi connectivity index (χ0) is 26.3. The van der Waals surface area contributed by atoms with Crippen molar-refractivity contribution in [1.82, 2.24) is 5.32 Å². The summed E-state index contributed by atoms with van der Waals surface area (Å²) in [5, 5.41) is 2.67. The number of carbonyl (C=O) groups excluding carboxylic acids is 2. The molecule has 2 aliphatic rings. The summed E-state index contributed by atoms with van der Waals surface area (Å²) >= 11 is 0. The molecule has 1 aliphatic heterocycles. The molecule has 1 N–H and O–H groups in total. The third kappa shape index (κ3) is 4.54. The van der Waals surface area contributed by atoms with E-state index >= 15 is 4.39 Å².